The highest BCUT2D eigenvalue weighted by Crippen LogP contribution is 2.49. The molecule has 2 fully saturated rings. The Morgan fingerprint density at radius 1 is 1.44 bits per heavy atom. The van der Waals surface area contributed by atoms with Crippen LogP contribution in [0.5, 0.6) is 0 Å². The summed E-state index contributed by atoms with van der Waals surface area (Å²) < 4.78 is 30.1. The van der Waals surface area contributed by atoms with Crippen LogP contribution in [0.25, 0.3) is 0 Å². The first-order chi connectivity index (χ1) is 12.6. The molecule has 0 bridgehead atoms. The van der Waals surface area contributed by atoms with E-state index in [4.69, 9.17) is 16.3 Å². The first kappa shape index (κ1) is 19.5. The maximum absolute atomic E-state index is 13.1. The van der Waals surface area contributed by atoms with Gasteiger partial charge in [0.2, 0.25) is 5.91 Å². The van der Waals surface area contributed by atoms with E-state index in [-0.39, 0.29) is 18.2 Å². The summed E-state index contributed by atoms with van der Waals surface area (Å²) in [7, 11) is -4.10. The summed E-state index contributed by atoms with van der Waals surface area (Å²) in [5.41, 5.74) is -0.138. The molecule has 0 aliphatic carbocycles. The van der Waals surface area contributed by atoms with Crippen molar-refractivity contribution in [3.8, 4) is 0 Å². The molecular formula is C14H17ClN4O7S. The van der Waals surface area contributed by atoms with Crippen molar-refractivity contribution in [3.63, 3.8) is 0 Å². The number of alkyl halides is 1. The number of carbonyl (C=O) groups is 3. The third-order valence-corrected chi connectivity index (χ3v) is 8.09. The van der Waals surface area contributed by atoms with Gasteiger partial charge in [0.25, 0.3) is 0 Å². The Balaban J connectivity index is 1.98. The molecule has 3 rings (SSSR count). The third-order valence-electron chi connectivity index (χ3n) is 4.91. The lowest BCUT2D eigenvalue weighted by atomic mass is 9.92. The number of fused-ring (bicyclic) bond motifs is 1. The number of sulfone groups is 1. The molecule has 2 saturated heterocycles. The summed E-state index contributed by atoms with van der Waals surface area (Å²) >= 11 is 5.70. The Kier molecular flexibility index (Phi) is 4.67. The van der Waals surface area contributed by atoms with Crippen molar-refractivity contribution < 1.29 is 32.6 Å². The number of carbonyl (C=O) groups excluding carboxylic acids is 2. The Morgan fingerprint density at radius 2 is 2.11 bits per heavy atom. The average molecular weight is 421 g/mol. The Bertz CT molecular complexity index is 916. The maximum Gasteiger partial charge on any atom is 0.360 e. The molecule has 1 unspecified atom stereocenters. The normalized spacial score (nSPS) is 31.3. The highest BCUT2D eigenvalue weighted by atomic mass is 35.5. The molecule has 11 nitrogen and oxygen atoms in total. The third kappa shape index (κ3) is 2.61. The van der Waals surface area contributed by atoms with Crippen LogP contribution >= 0.6 is 11.6 Å². The fourth-order valence-corrected chi connectivity index (χ4v) is 6.58. The van der Waals surface area contributed by atoms with Gasteiger partial charge < -0.3 is 14.7 Å². The zero-order valence-corrected chi connectivity index (χ0v) is 16.0. The molecule has 148 valence electrons. The average Bonchev–Trinajstić information content (AvgIpc) is 3.09. The van der Waals surface area contributed by atoms with E-state index in [1.54, 1.807) is 6.92 Å². The number of nitrogens with zero attached hydrogens (tertiary/aromatic N) is 4. The van der Waals surface area contributed by atoms with Crippen LogP contribution in [0.1, 0.15) is 24.3 Å². The van der Waals surface area contributed by atoms with E-state index >= 15 is 0 Å². The van der Waals surface area contributed by atoms with E-state index in [9.17, 15) is 27.9 Å². The van der Waals surface area contributed by atoms with Crippen molar-refractivity contribution in [2.75, 3.05) is 12.5 Å². The lowest BCUT2D eigenvalue weighted by Gasteiger charge is -2.41. The molecule has 1 aromatic heterocycles. The maximum atomic E-state index is 13.1. The van der Waals surface area contributed by atoms with Gasteiger partial charge in [-0.05, 0) is 13.8 Å². The van der Waals surface area contributed by atoms with Crippen molar-refractivity contribution in [2.24, 2.45) is 5.92 Å². The SMILES string of the molecule is CCOC(=O)c1cn(C[C@@]2(C)[C@H](C(=O)O)N3C(=O)C(CCl)[C@@H]3S2(=O)=O)nn1. The number of β-lactam (4-membered cyclic amide) rings is 1. The van der Waals surface area contributed by atoms with Crippen LogP contribution in [-0.2, 0) is 30.7 Å². The molecule has 0 spiro atoms. The number of esters is 1. The van der Waals surface area contributed by atoms with E-state index < -0.39 is 56.3 Å². The molecular weight excluding hydrogens is 404 g/mol. The van der Waals surface area contributed by atoms with Crippen molar-refractivity contribution in [2.45, 2.75) is 36.6 Å². The molecule has 2 aliphatic heterocycles. The topological polar surface area (TPSA) is 149 Å². The van der Waals surface area contributed by atoms with Crippen LogP contribution in [0.3, 0.4) is 0 Å². The first-order valence-corrected chi connectivity index (χ1v) is 10.1. The zero-order chi connectivity index (χ0) is 20.1. The van der Waals surface area contributed by atoms with Gasteiger partial charge in [-0.1, -0.05) is 5.21 Å². The number of aliphatic carboxylic acids is 1. The molecule has 1 N–H and O–H groups in total. The minimum atomic E-state index is -4.10. The standard InChI is InChI=1S/C14H17ClN4O7S/c1-3-26-13(23)8-5-18(17-16-8)6-14(2)9(12(21)22)19-10(20)7(4-15)11(19)27(14,24)25/h5,7,9,11H,3-4,6H2,1-2H3,(H,21,22)/t7?,9-,11-,14-/m0/s1. The number of halogens is 1. The monoisotopic (exact) mass is 420 g/mol. The molecule has 13 heteroatoms. The summed E-state index contributed by atoms with van der Waals surface area (Å²) in [6, 6.07) is -1.60. The summed E-state index contributed by atoms with van der Waals surface area (Å²) in [6.07, 6.45) is 1.17. The predicted molar refractivity (Wildman–Crippen MR) is 89.6 cm³/mol. The molecule has 1 aromatic rings. The minimum Gasteiger partial charge on any atom is -0.480 e. The first-order valence-electron chi connectivity index (χ1n) is 8.01. The van der Waals surface area contributed by atoms with Crippen LogP contribution < -0.4 is 0 Å². The summed E-state index contributed by atoms with van der Waals surface area (Å²) in [6.45, 7) is 2.57. The minimum absolute atomic E-state index is 0.122. The summed E-state index contributed by atoms with van der Waals surface area (Å²) in [4.78, 5) is 36.6. The van der Waals surface area contributed by atoms with Gasteiger partial charge in [0.05, 0.1) is 25.3 Å². The van der Waals surface area contributed by atoms with Gasteiger partial charge in [-0.3, -0.25) is 4.79 Å². The van der Waals surface area contributed by atoms with Crippen LogP contribution in [0.2, 0.25) is 0 Å². The van der Waals surface area contributed by atoms with Gasteiger partial charge >= 0.3 is 11.9 Å². The second-order valence-corrected chi connectivity index (χ2v) is 9.33. The highest BCUT2D eigenvalue weighted by molar-refractivity contribution is 7.93. The number of aromatic nitrogens is 3. The van der Waals surface area contributed by atoms with Gasteiger partial charge in [0.15, 0.2) is 21.6 Å². The summed E-state index contributed by atoms with van der Waals surface area (Å²) in [5, 5.41) is 15.6. The fraction of sp³-hybridized carbons (Fsp3) is 0.643. The van der Waals surface area contributed by atoms with Crippen molar-refractivity contribution in [1.82, 2.24) is 19.9 Å². The van der Waals surface area contributed by atoms with E-state index in [2.05, 4.69) is 10.3 Å². The van der Waals surface area contributed by atoms with Gasteiger partial charge in [0, 0.05) is 5.88 Å². The molecule has 0 aromatic carbocycles. The molecule has 0 saturated carbocycles. The molecule has 3 heterocycles. The fourth-order valence-electron chi connectivity index (χ4n) is 3.61. The van der Waals surface area contributed by atoms with Crippen LogP contribution in [0.4, 0.5) is 0 Å². The second-order valence-electron chi connectivity index (χ2n) is 6.52. The predicted octanol–water partition coefficient (Wildman–Crippen LogP) is -0.882. The van der Waals surface area contributed by atoms with E-state index in [0.717, 1.165) is 9.58 Å². The number of rotatable bonds is 6. The highest BCUT2D eigenvalue weighted by Gasteiger charge is 2.73. The number of amides is 1. The lowest BCUT2D eigenvalue weighted by molar-refractivity contribution is -0.162. The number of ether oxygens (including phenoxy) is 1. The molecule has 27 heavy (non-hydrogen) atoms. The number of carboxylic acids is 1. The smallest absolute Gasteiger partial charge is 0.360 e. The number of hydrogen-bond donors (Lipinski definition) is 1. The molecule has 2 aliphatic rings. The van der Waals surface area contributed by atoms with E-state index in [1.165, 1.54) is 13.1 Å². The van der Waals surface area contributed by atoms with Crippen molar-refractivity contribution in [3.05, 3.63) is 11.9 Å². The Hall–Kier alpha value is -2.21. The summed E-state index contributed by atoms with van der Waals surface area (Å²) in [5.74, 6) is -4.00. The van der Waals surface area contributed by atoms with Crippen LogP contribution in [0.15, 0.2) is 6.20 Å². The van der Waals surface area contributed by atoms with Gasteiger partial charge in [-0.2, -0.15) is 0 Å². The molecule has 4 atom stereocenters. The quantitative estimate of drug-likeness (QED) is 0.351. The Morgan fingerprint density at radius 3 is 2.67 bits per heavy atom. The van der Waals surface area contributed by atoms with Crippen LogP contribution in [0, 0.1) is 5.92 Å². The van der Waals surface area contributed by atoms with Gasteiger partial charge in [0.1, 0.15) is 10.1 Å². The van der Waals surface area contributed by atoms with E-state index in [0.29, 0.717) is 0 Å². The van der Waals surface area contributed by atoms with Crippen molar-refractivity contribution in [1.29, 1.82) is 0 Å². The number of carboxylic acid groups (broad SMARTS) is 1. The van der Waals surface area contributed by atoms with Crippen LogP contribution in [-0.4, -0.2) is 79.9 Å². The van der Waals surface area contributed by atoms with Gasteiger partial charge in [-0.15, -0.1) is 16.7 Å². The lowest BCUT2D eigenvalue weighted by Crippen LogP contribution is -2.64. The van der Waals surface area contributed by atoms with Crippen molar-refractivity contribution >= 4 is 39.3 Å². The Labute approximate surface area is 159 Å². The number of hydrogen-bond acceptors (Lipinski definition) is 8. The van der Waals surface area contributed by atoms with Gasteiger partial charge in [-0.25, -0.2) is 22.7 Å². The largest absolute Gasteiger partial charge is 0.480 e. The van der Waals surface area contributed by atoms with E-state index in [1.807, 2.05) is 0 Å². The zero-order valence-electron chi connectivity index (χ0n) is 14.4. The molecule has 1 amide bonds. The second kappa shape index (κ2) is 6.44. The molecule has 0 radical (unpaired) electrons.